The van der Waals surface area contributed by atoms with Crippen molar-refractivity contribution in [2.45, 2.75) is 37.8 Å². The van der Waals surface area contributed by atoms with E-state index in [9.17, 15) is 14.7 Å². The first-order valence-electron chi connectivity index (χ1n) is 11.3. The Labute approximate surface area is 191 Å². The standard InChI is InChI=1S/C26H25ClN2O3/c27-17-6-4-15(5-7-17)14-29-11-8-16-2-1-3-18(23(16)29)24(30)28-26(9-10-26)22-13-21(25(31)32)19-12-20(19)22/h1-8,11,19-22H,9-10,12-14H2,(H,28,30)(H,31,32)/t19?,20?,21-,22?/m0/s1. The third-order valence-electron chi connectivity index (χ3n) is 7.91. The van der Waals surface area contributed by atoms with Gasteiger partial charge in [0.05, 0.1) is 17.0 Å². The minimum atomic E-state index is -0.674. The first-order chi connectivity index (χ1) is 15.4. The van der Waals surface area contributed by atoms with Gasteiger partial charge in [-0.25, -0.2) is 0 Å². The van der Waals surface area contributed by atoms with Crippen LogP contribution in [0.25, 0.3) is 10.9 Å². The molecule has 3 aliphatic rings. The molecule has 1 amide bonds. The van der Waals surface area contributed by atoms with Crippen molar-refractivity contribution < 1.29 is 14.7 Å². The number of para-hydroxylation sites is 1. The molecule has 6 heteroatoms. The van der Waals surface area contributed by atoms with Gasteiger partial charge in [0.1, 0.15) is 0 Å². The summed E-state index contributed by atoms with van der Waals surface area (Å²) in [5, 5.41) is 14.6. The van der Waals surface area contributed by atoms with Crippen LogP contribution in [0.5, 0.6) is 0 Å². The van der Waals surface area contributed by atoms with Gasteiger partial charge in [-0.3, -0.25) is 9.59 Å². The number of amides is 1. The number of carboxylic acids is 1. The summed E-state index contributed by atoms with van der Waals surface area (Å²) in [5.41, 5.74) is 2.49. The van der Waals surface area contributed by atoms with Crippen LogP contribution >= 0.6 is 11.6 Å². The molecule has 3 aromatic rings. The highest BCUT2D eigenvalue weighted by atomic mass is 35.5. The zero-order chi connectivity index (χ0) is 22.0. The monoisotopic (exact) mass is 448 g/mol. The molecule has 0 spiro atoms. The van der Waals surface area contributed by atoms with E-state index in [-0.39, 0.29) is 23.3 Å². The van der Waals surface area contributed by atoms with Gasteiger partial charge in [-0.05, 0) is 73.3 Å². The van der Waals surface area contributed by atoms with Gasteiger partial charge >= 0.3 is 5.97 Å². The lowest BCUT2D eigenvalue weighted by Crippen LogP contribution is -2.43. The van der Waals surface area contributed by atoms with E-state index in [1.807, 2.05) is 54.7 Å². The van der Waals surface area contributed by atoms with Crippen LogP contribution in [-0.2, 0) is 11.3 Å². The van der Waals surface area contributed by atoms with Gasteiger partial charge in [-0.1, -0.05) is 35.9 Å². The average molecular weight is 449 g/mol. The highest BCUT2D eigenvalue weighted by Gasteiger charge is 2.65. The number of hydrogen-bond donors (Lipinski definition) is 2. The molecule has 5 nitrogen and oxygen atoms in total. The molecule has 3 fully saturated rings. The van der Waals surface area contributed by atoms with E-state index in [1.165, 1.54) is 0 Å². The Balaban J connectivity index is 1.27. The van der Waals surface area contributed by atoms with Crippen LogP contribution in [0.15, 0.2) is 54.7 Å². The fourth-order valence-corrected chi connectivity index (χ4v) is 6.21. The predicted octanol–water partition coefficient (Wildman–Crippen LogP) is 4.96. The van der Waals surface area contributed by atoms with E-state index in [0.29, 0.717) is 35.4 Å². The number of fused-ring (bicyclic) bond motifs is 2. The molecule has 164 valence electrons. The number of carbonyl (C=O) groups excluding carboxylic acids is 1. The van der Waals surface area contributed by atoms with Gasteiger partial charge in [-0.2, -0.15) is 0 Å². The second-order valence-corrected chi connectivity index (χ2v) is 10.2. The van der Waals surface area contributed by atoms with Crippen LogP contribution in [0.4, 0.5) is 0 Å². The summed E-state index contributed by atoms with van der Waals surface area (Å²) in [6.07, 6.45) is 5.61. The summed E-state index contributed by atoms with van der Waals surface area (Å²) in [6, 6.07) is 15.6. The molecule has 0 radical (unpaired) electrons. The lowest BCUT2D eigenvalue weighted by Gasteiger charge is -2.27. The number of halogens is 1. The molecule has 2 N–H and O–H groups in total. The molecule has 0 saturated heterocycles. The molecule has 2 aromatic carbocycles. The van der Waals surface area contributed by atoms with E-state index in [0.717, 1.165) is 35.7 Å². The zero-order valence-corrected chi connectivity index (χ0v) is 18.4. The quantitative estimate of drug-likeness (QED) is 0.559. The molecule has 3 saturated carbocycles. The highest BCUT2D eigenvalue weighted by Crippen LogP contribution is 2.65. The first-order valence-corrected chi connectivity index (χ1v) is 11.7. The van der Waals surface area contributed by atoms with Crippen LogP contribution in [0.2, 0.25) is 5.02 Å². The summed E-state index contributed by atoms with van der Waals surface area (Å²) in [7, 11) is 0. The number of nitrogens with zero attached hydrogens (tertiary/aromatic N) is 1. The Kier molecular flexibility index (Phi) is 4.41. The molecule has 1 heterocycles. The predicted molar refractivity (Wildman–Crippen MR) is 123 cm³/mol. The third kappa shape index (κ3) is 3.22. The minimum absolute atomic E-state index is 0.0554. The van der Waals surface area contributed by atoms with Crippen LogP contribution in [0.3, 0.4) is 0 Å². The molecule has 32 heavy (non-hydrogen) atoms. The third-order valence-corrected chi connectivity index (χ3v) is 8.16. The Morgan fingerprint density at radius 2 is 1.84 bits per heavy atom. The molecule has 6 rings (SSSR count). The van der Waals surface area contributed by atoms with Crippen LogP contribution in [0, 0.1) is 23.7 Å². The summed E-state index contributed by atoms with van der Waals surface area (Å²) in [6.45, 7) is 0.656. The number of aromatic nitrogens is 1. The van der Waals surface area contributed by atoms with Crippen molar-refractivity contribution in [3.8, 4) is 0 Å². The van der Waals surface area contributed by atoms with Crippen molar-refractivity contribution in [2.24, 2.45) is 23.7 Å². The molecular formula is C26H25ClN2O3. The van der Waals surface area contributed by atoms with E-state index < -0.39 is 5.97 Å². The van der Waals surface area contributed by atoms with E-state index in [1.54, 1.807) is 0 Å². The fourth-order valence-electron chi connectivity index (χ4n) is 6.08. The molecule has 1 aromatic heterocycles. The number of benzene rings is 2. The van der Waals surface area contributed by atoms with Crippen molar-refractivity contribution in [3.63, 3.8) is 0 Å². The van der Waals surface area contributed by atoms with Crippen molar-refractivity contribution in [3.05, 3.63) is 70.9 Å². The second-order valence-electron chi connectivity index (χ2n) is 9.77. The van der Waals surface area contributed by atoms with Gasteiger partial charge < -0.3 is 15.0 Å². The number of rotatable bonds is 6. The van der Waals surface area contributed by atoms with Gasteiger partial charge in [0.2, 0.25) is 0 Å². The lowest BCUT2D eigenvalue weighted by molar-refractivity contribution is -0.142. The van der Waals surface area contributed by atoms with Gasteiger partial charge in [0.15, 0.2) is 0 Å². The van der Waals surface area contributed by atoms with E-state index in [2.05, 4.69) is 9.88 Å². The van der Waals surface area contributed by atoms with E-state index in [4.69, 9.17) is 11.6 Å². The maximum absolute atomic E-state index is 13.5. The summed E-state index contributed by atoms with van der Waals surface area (Å²) < 4.78 is 2.11. The Morgan fingerprint density at radius 3 is 2.53 bits per heavy atom. The molecular weight excluding hydrogens is 424 g/mol. The van der Waals surface area contributed by atoms with Crippen molar-refractivity contribution >= 4 is 34.4 Å². The van der Waals surface area contributed by atoms with Crippen molar-refractivity contribution in [1.29, 1.82) is 0 Å². The van der Waals surface area contributed by atoms with Gasteiger partial charge in [0.25, 0.3) is 5.91 Å². The van der Waals surface area contributed by atoms with E-state index >= 15 is 0 Å². The molecule has 3 aliphatic carbocycles. The first kappa shape index (κ1) is 19.9. The van der Waals surface area contributed by atoms with Crippen molar-refractivity contribution in [2.75, 3.05) is 0 Å². The summed E-state index contributed by atoms with van der Waals surface area (Å²) >= 11 is 6.02. The molecule has 3 unspecified atom stereocenters. The number of nitrogens with one attached hydrogen (secondary N) is 1. The zero-order valence-electron chi connectivity index (χ0n) is 17.6. The fraction of sp³-hybridized carbons (Fsp3) is 0.385. The Hall–Kier alpha value is -2.79. The summed E-state index contributed by atoms with van der Waals surface area (Å²) in [4.78, 5) is 25.1. The Bertz CT molecular complexity index is 1230. The van der Waals surface area contributed by atoms with Gasteiger partial charge in [-0.15, -0.1) is 0 Å². The number of carboxylic acid groups (broad SMARTS) is 1. The van der Waals surface area contributed by atoms with Crippen LogP contribution in [-0.4, -0.2) is 27.1 Å². The number of carbonyl (C=O) groups is 2. The smallest absolute Gasteiger partial charge is 0.306 e. The minimum Gasteiger partial charge on any atom is -0.481 e. The van der Waals surface area contributed by atoms with Gasteiger partial charge in [0, 0.05) is 28.7 Å². The van der Waals surface area contributed by atoms with Crippen LogP contribution in [0.1, 0.15) is 41.6 Å². The topological polar surface area (TPSA) is 71.3 Å². The largest absolute Gasteiger partial charge is 0.481 e. The molecule has 4 atom stereocenters. The maximum atomic E-state index is 13.5. The number of aliphatic carboxylic acids is 1. The highest BCUT2D eigenvalue weighted by molar-refractivity contribution is 6.30. The SMILES string of the molecule is O=C(NC1(C2C[C@H](C(=O)O)C3CC32)CC1)c1cccc2ccn(Cc3ccc(Cl)cc3)c12. The maximum Gasteiger partial charge on any atom is 0.306 e. The second kappa shape index (κ2) is 7.11. The molecule has 0 aliphatic heterocycles. The van der Waals surface area contributed by atoms with Crippen molar-refractivity contribution in [1.82, 2.24) is 9.88 Å². The lowest BCUT2D eigenvalue weighted by atomic mass is 9.88. The molecule has 0 bridgehead atoms. The van der Waals surface area contributed by atoms with Crippen LogP contribution < -0.4 is 5.32 Å². The number of hydrogen-bond acceptors (Lipinski definition) is 2. The normalized spacial score (nSPS) is 27.2. The summed E-state index contributed by atoms with van der Waals surface area (Å²) in [5.74, 6) is 0.0967. The average Bonchev–Trinajstić information content (AvgIpc) is 3.67. The Morgan fingerprint density at radius 1 is 1.06 bits per heavy atom.